The molecule has 28 heavy (non-hydrogen) atoms. The van der Waals surface area contributed by atoms with Crippen LogP contribution in [0, 0.1) is 18.3 Å². The second-order valence-corrected chi connectivity index (χ2v) is 8.61. The zero-order valence-electron chi connectivity index (χ0n) is 16.5. The largest absolute Gasteiger partial charge is 0.355 e. The minimum Gasteiger partial charge on any atom is -0.355 e. The number of thioether (sulfide) groups is 1. The molecule has 2 aliphatic heterocycles. The molecule has 1 amide bonds. The third kappa shape index (κ3) is 3.48. The number of aromatic nitrogens is 1. The van der Waals surface area contributed by atoms with E-state index in [4.69, 9.17) is 12.2 Å². The number of hydrogen-bond donors (Lipinski definition) is 0. The van der Waals surface area contributed by atoms with Gasteiger partial charge in [-0.2, -0.15) is 5.26 Å². The van der Waals surface area contributed by atoms with Gasteiger partial charge < -0.3 is 9.80 Å². The van der Waals surface area contributed by atoms with Crippen LogP contribution in [0.15, 0.2) is 9.70 Å². The van der Waals surface area contributed by atoms with E-state index in [1.807, 2.05) is 6.92 Å². The molecule has 1 aromatic rings. The molecule has 3 heterocycles. The van der Waals surface area contributed by atoms with Gasteiger partial charge >= 0.3 is 0 Å². The van der Waals surface area contributed by atoms with Crippen molar-refractivity contribution in [3.8, 4) is 6.07 Å². The van der Waals surface area contributed by atoms with Crippen LogP contribution in [-0.2, 0) is 11.3 Å². The molecule has 0 aromatic carbocycles. The summed E-state index contributed by atoms with van der Waals surface area (Å²) in [6, 6.07) is 2.05. The molecule has 2 saturated heterocycles. The number of carbonyl (C=O) groups is 1. The number of likely N-dealkylation sites (N-methyl/N-ethyl adjacent to an activating group) is 2. The van der Waals surface area contributed by atoms with Crippen molar-refractivity contribution in [1.82, 2.24) is 14.4 Å². The monoisotopic (exact) mass is 417 g/mol. The van der Waals surface area contributed by atoms with Crippen LogP contribution in [0.4, 0.5) is 5.82 Å². The maximum atomic E-state index is 12.9. The highest BCUT2D eigenvalue weighted by Crippen LogP contribution is 2.35. The number of thiocarbonyl (C=S) groups is 1. The second-order valence-electron chi connectivity index (χ2n) is 6.93. The van der Waals surface area contributed by atoms with Crippen LogP contribution in [0.2, 0.25) is 0 Å². The van der Waals surface area contributed by atoms with Gasteiger partial charge in [0.15, 0.2) is 0 Å². The Labute approximate surface area is 174 Å². The number of nitriles is 1. The number of amides is 1. The number of rotatable bonds is 3. The third-order valence-corrected chi connectivity index (χ3v) is 6.71. The quantitative estimate of drug-likeness (QED) is 0.547. The fourth-order valence-corrected chi connectivity index (χ4v) is 4.63. The highest BCUT2D eigenvalue weighted by atomic mass is 32.2. The SMILES string of the molecule is CCn1c(N2CCN(C)CC2)c(/C=C2\SC(=S)N(C)C2=O)c(C)c(C#N)c1=O. The van der Waals surface area contributed by atoms with Gasteiger partial charge in [0.1, 0.15) is 21.8 Å². The normalized spacial score (nSPS) is 19.6. The number of piperazine rings is 1. The first-order valence-corrected chi connectivity index (χ1v) is 10.3. The van der Waals surface area contributed by atoms with Gasteiger partial charge in [-0.1, -0.05) is 24.0 Å². The Kier molecular flexibility index (Phi) is 5.93. The van der Waals surface area contributed by atoms with Gasteiger partial charge in [-0.25, -0.2) is 0 Å². The van der Waals surface area contributed by atoms with Crippen molar-refractivity contribution >= 4 is 46.1 Å². The summed E-state index contributed by atoms with van der Waals surface area (Å²) in [4.78, 5) is 31.8. The Morgan fingerprint density at radius 2 is 1.86 bits per heavy atom. The summed E-state index contributed by atoms with van der Waals surface area (Å²) in [5.41, 5.74) is 1.19. The minimum atomic E-state index is -0.281. The van der Waals surface area contributed by atoms with Gasteiger partial charge in [0.2, 0.25) is 0 Å². The van der Waals surface area contributed by atoms with E-state index in [1.165, 1.54) is 16.7 Å². The number of pyridine rings is 1. The minimum absolute atomic E-state index is 0.123. The molecule has 0 N–H and O–H groups in total. The summed E-state index contributed by atoms with van der Waals surface area (Å²) in [6.45, 7) is 7.44. The molecule has 7 nitrogen and oxygen atoms in total. The van der Waals surface area contributed by atoms with E-state index in [1.54, 1.807) is 24.6 Å². The molecule has 9 heteroatoms. The average Bonchev–Trinajstić information content (AvgIpc) is 2.91. The molecule has 2 aliphatic rings. The molecule has 3 rings (SSSR count). The zero-order chi connectivity index (χ0) is 20.6. The Balaban J connectivity index is 2.25. The first-order chi connectivity index (χ1) is 13.3. The highest BCUT2D eigenvalue weighted by molar-refractivity contribution is 8.26. The van der Waals surface area contributed by atoms with Crippen molar-refractivity contribution in [2.24, 2.45) is 0 Å². The Bertz CT molecular complexity index is 968. The molecule has 1 aromatic heterocycles. The number of anilines is 1. The number of carbonyl (C=O) groups excluding carboxylic acids is 1. The van der Waals surface area contributed by atoms with Gasteiger partial charge in [0.05, 0.1) is 4.91 Å². The highest BCUT2D eigenvalue weighted by Gasteiger charge is 2.31. The predicted octanol–water partition coefficient (Wildman–Crippen LogP) is 1.63. The van der Waals surface area contributed by atoms with E-state index in [-0.39, 0.29) is 17.0 Å². The summed E-state index contributed by atoms with van der Waals surface area (Å²) >= 11 is 6.48. The first kappa shape index (κ1) is 20.6. The summed E-state index contributed by atoms with van der Waals surface area (Å²) in [5, 5.41) is 9.57. The topological polar surface area (TPSA) is 72.6 Å². The van der Waals surface area contributed by atoms with Crippen molar-refractivity contribution in [2.45, 2.75) is 20.4 Å². The summed E-state index contributed by atoms with van der Waals surface area (Å²) in [5.74, 6) is 0.616. The smallest absolute Gasteiger partial charge is 0.270 e. The van der Waals surface area contributed by atoms with Crippen LogP contribution >= 0.6 is 24.0 Å². The molecule has 2 fully saturated rings. The van der Waals surface area contributed by atoms with E-state index in [0.29, 0.717) is 21.3 Å². The summed E-state index contributed by atoms with van der Waals surface area (Å²) in [7, 11) is 3.72. The van der Waals surface area contributed by atoms with Crippen LogP contribution in [-0.4, -0.2) is 64.9 Å². The van der Waals surface area contributed by atoms with E-state index in [9.17, 15) is 14.9 Å². The van der Waals surface area contributed by atoms with Crippen molar-refractivity contribution in [2.75, 3.05) is 45.2 Å². The fourth-order valence-electron chi connectivity index (χ4n) is 3.47. The maximum Gasteiger partial charge on any atom is 0.270 e. The lowest BCUT2D eigenvalue weighted by molar-refractivity contribution is -0.121. The molecule has 0 unspecified atom stereocenters. The van der Waals surface area contributed by atoms with E-state index >= 15 is 0 Å². The molecule has 0 bridgehead atoms. The average molecular weight is 418 g/mol. The van der Waals surface area contributed by atoms with Gasteiger partial charge in [-0.05, 0) is 32.5 Å². The van der Waals surface area contributed by atoms with Crippen LogP contribution in [0.25, 0.3) is 6.08 Å². The molecule has 0 atom stereocenters. The van der Waals surface area contributed by atoms with Gasteiger partial charge in [0, 0.05) is 45.3 Å². The van der Waals surface area contributed by atoms with Crippen LogP contribution < -0.4 is 10.5 Å². The van der Waals surface area contributed by atoms with Crippen LogP contribution in [0.3, 0.4) is 0 Å². The zero-order valence-corrected chi connectivity index (χ0v) is 18.1. The fraction of sp³-hybridized carbons (Fsp3) is 0.474. The molecule has 0 saturated carbocycles. The van der Waals surface area contributed by atoms with E-state index in [2.05, 4.69) is 22.9 Å². The summed E-state index contributed by atoms with van der Waals surface area (Å²) in [6.07, 6.45) is 1.79. The number of hydrogen-bond acceptors (Lipinski definition) is 7. The predicted molar refractivity (Wildman–Crippen MR) is 116 cm³/mol. The van der Waals surface area contributed by atoms with E-state index in [0.717, 1.165) is 37.6 Å². The lowest BCUT2D eigenvalue weighted by atomic mass is 10.0. The first-order valence-electron chi connectivity index (χ1n) is 9.12. The Hall–Kier alpha value is -2.15. The lowest BCUT2D eigenvalue weighted by Crippen LogP contribution is -2.47. The molecule has 148 valence electrons. The maximum absolute atomic E-state index is 12.9. The molecular formula is C19H23N5O2S2. The Morgan fingerprint density at radius 3 is 2.36 bits per heavy atom. The lowest BCUT2D eigenvalue weighted by Gasteiger charge is -2.36. The van der Waals surface area contributed by atoms with Crippen molar-refractivity contribution in [1.29, 1.82) is 5.26 Å². The Morgan fingerprint density at radius 1 is 1.21 bits per heavy atom. The van der Waals surface area contributed by atoms with Crippen molar-refractivity contribution in [3.63, 3.8) is 0 Å². The van der Waals surface area contributed by atoms with Crippen LogP contribution in [0.1, 0.15) is 23.6 Å². The molecule has 0 radical (unpaired) electrons. The van der Waals surface area contributed by atoms with Crippen molar-refractivity contribution < 1.29 is 4.79 Å². The third-order valence-electron chi connectivity index (χ3n) is 5.23. The molecule has 0 spiro atoms. The van der Waals surface area contributed by atoms with Gasteiger partial charge in [-0.3, -0.25) is 19.1 Å². The van der Waals surface area contributed by atoms with Gasteiger partial charge in [0.25, 0.3) is 11.5 Å². The summed E-state index contributed by atoms with van der Waals surface area (Å²) < 4.78 is 2.15. The molecular weight excluding hydrogens is 394 g/mol. The second kappa shape index (κ2) is 8.07. The standard InChI is InChI=1S/C19H23N5O2S2/c1-5-24-16(23-8-6-21(3)7-9-23)13(12(2)14(11-20)17(24)25)10-15-18(26)22(4)19(27)28-15/h10H,5-9H2,1-4H3/b15-10-. The molecule has 0 aliphatic carbocycles. The van der Waals surface area contributed by atoms with Crippen LogP contribution in [0.5, 0.6) is 0 Å². The van der Waals surface area contributed by atoms with Gasteiger partial charge in [-0.15, -0.1) is 0 Å². The van der Waals surface area contributed by atoms with E-state index < -0.39 is 0 Å². The van der Waals surface area contributed by atoms with Crippen molar-refractivity contribution in [3.05, 3.63) is 31.9 Å². The number of nitrogens with zero attached hydrogens (tertiary/aromatic N) is 5.